The molecule has 0 aromatic heterocycles. The second-order valence-electron chi connectivity index (χ2n) is 8.26. The first kappa shape index (κ1) is 26.6. The molecule has 5 nitrogen and oxygen atoms in total. The summed E-state index contributed by atoms with van der Waals surface area (Å²) in [6, 6.07) is 0. The van der Waals surface area contributed by atoms with E-state index in [0.717, 1.165) is 19.3 Å². The average molecular weight is 399 g/mol. The Morgan fingerprint density at radius 1 is 0.607 bits per heavy atom. The van der Waals surface area contributed by atoms with Gasteiger partial charge in [-0.25, -0.2) is 0 Å². The highest BCUT2D eigenvalue weighted by atomic mass is 16.4. The molecule has 0 atom stereocenters. The second-order valence-corrected chi connectivity index (χ2v) is 8.26. The molecule has 0 unspecified atom stereocenters. The molecule has 0 spiro atoms. The van der Waals surface area contributed by atoms with Gasteiger partial charge in [-0.15, -0.1) is 0 Å². The van der Waals surface area contributed by atoms with Crippen LogP contribution in [0.1, 0.15) is 123 Å². The summed E-state index contributed by atoms with van der Waals surface area (Å²) in [6.45, 7) is 3.71. The molecule has 0 bridgehead atoms. The molecule has 0 radical (unpaired) electrons. The number of Topliss-reactive ketones (excluding diaryl/α,β-unsaturated/α-hetero) is 1. The minimum absolute atomic E-state index is 0.0712. The quantitative estimate of drug-likeness (QED) is 0.232. The highest BCUT2D eigenvalue weighted by molar-refractivity contribution is 5.83. The van der Waals surface area contributed by atoms with Gasteiger partial charge < -0.3 is 10.2 Å². The lowest BCUT2D eigenvalue weighted by Gasteiger charge is -2.30. The van der Waals surface area contributed by atoms with Crippen LogP contribution in [0.15, 0.2) is 0 Å². The van der Waals surface area contributed by atoms with Crippen LogP contribution in [0.2, 0.25) is 0 Å². The van der Waals surface area contributed by atoms with Crippen molar-refractivity contribution in [1.82, 2.24) is 0 Å². The molecule has 0 aromatic carbocycles. The number of aliphatic carboxylic acids is 2. The van der Waals surface area contributed by atoms with E-state index >= 15 is 0 Å². The third-order valence-electron chi connectivity index (χ3n) is 5.89. The van der Waals surface area contributed by atoms with E-state index in [9.17, 15) is 14.4 Å². The predicted octanol–water partition coefficient (Wildman–Crippen LogP) is 6.38. The van der Waals surface area contributed by atoms with Gasteiger partial charge in [0.15, 0.2) is 0 Å². The first-order valence-electron chi connectivity index (χ1n) is 11.3. The number of hydrogen-bond donors (Lipinski definition) is 2. The summed E-state index contributed by atoms with van der Waals surface area (Å²) in [7, 11) is 0. The summed E-state index contributed by atoms with van der Waals surface area (Å²) in [5, 5.41) is 18.0. The number of carboxylic acids is 2. The molecule has 0 aliphatic rings. The molecule has 0 amide bonds. The fourth-order valence-corrected chi connectivity index (χ4v) is 3.90. The molecular formula is C23H42O5. The Kier molecular flexibility index (Phi) is 15.7. The Bertz CT molecular complexity index is 426. The molecule has 0 saturated carbocycles. The van der Waals surface area contributed by atoms with Crippen LogP contribution in [0.25, 0.3) is 0 Å². The summed E-state index contributed by atoms with van der Waals surface area (Å²) in [5.41, 5.74) is -0.796. The van der Waals surface area contributed by atoms with Gasteiger partial charge in [0.05, 0.1) is 0 Å². The SMILES string of the molecule is CCCCCCCCCCCCCCC(CCC(=O)O)(CCC(=O)O)C(C)=O. The molecule has 0 saturated heterocycles. The van der Waals surface area contributed by atoms with Crippen molar-refractivity contribution in [2.45, 2.75) is 123 Å². The van der Waals surface area contributed by atoms with Crippen LogP contribution in [0.5, 0.6) is 0 Å². The first-order valence-corrected chi connectivity index (χ1v) is 11.3. The summed E-state index contributed by atoms with van der Waals surface area (Å²) in [4.78, 5) is 34.1. The lowest BCUT2D eigenvalue weighted by molar-refractivity contribution is -0.139. The zero-order valence-corrected chi connectivity index (χ0v) is 18.1. The molecule has 0 aliphatic heterocycles. The molecule has 0 rings (SSSR count). The molecule has 164 valence electrons. The van der Waals surface area contributed by atoms with Gasteiger partial charge in [-0.05, 0) is 26.2 Å². The fourth-order valence-electron chi connectivity index (χ4n) is 3.90. The molecule has 0 heterocycles. The second kappa shape index (κ2) is 16.6. The van der Waals surface area contributed by atoms with E-state index in [0.29, 0.717) is 6.42 Å². The maximum Gasteiger partial charge on any atom is 0.303 e. The van der Waals surface area contributed by atoms with E-state index in [-0.39, 0.29) is 31.5 Å². The summed E-state index contributed by atoms with van der Waals surface area (Å²) < 4.78 is 0. The van der Waals surface area contributed by atoms with Gasteiger partial charge in [-0.1, -0.05) is 84.0 Å². The van der Waals surface area contributed by atoms with E-state index in [1.807, 2.05) is 0 Å². The van der Waals surface area contributed by atoms with Crippen molar-refractivity contribution in [3.8, 4) is 0 Å². The summed E-state index contributed by atoms with van der Waals surface area (Å²) in [6.07, 6.45) is 15.7. The molecule has 0 aliphatic carbocycles. The zero-order valence-electron chi connectivity index (χ0n) is 18.1. The Labute approximate surface area is 171 Å². The third-order valence-corrected chi connectivity index (χ3v) is 5.89. The number of hydrogen-bond acceptors (Lipinski definition) is 3. The monoisotopic (exact) mass is 398 g/mol. The topological polar surface area (TPSA) is 91.7 Å². The van der Waals surface area contributed by atoms with E-state index in [2.05, 4.69) is 6.92 Å². The number of unbranched alkanes of at least 4 members (excludes halogenated alkanes) is 11. The van der Waals surface area contributed by atoms with Crippen molar-refractivity contribution in [3.63, 3.8) is 0 Å². The van der Waals surface area contributed by atoms with Gasteiger partial charge in [0, 0.05) is 18.3 Å². The fraction of sp³-hybridized carbons (Fsp3) is 0.870. The highest BCUT2D eigenvalue weighted by Crippen LogP contribution is 2.37. The Morgan fingerprint density at radius 3 is 1.29 bits per heavy atom. The largest absolute Gasteiger partial charge is 0.481 e. The Hall–Kier alpha value is -1.39. The van der Waals surface area contributed by atoms with Crippen molar-refractivity contribution in [2.24, 2.45) is 5.41 Å². The van der Waals surface area contributed by atoms with E-state index < -0.39 is 17.4 Å². The first-order chi connectivity index (χ1) is 13.3. The van der Waals surface area contributed by atoms with Crippen LogP contribution in [0, 0.1) is 5.41 Å². The van der Waals surface area contributed by atoms with Gasteiger partial charge in [0.2, 0.25) is 0 Å². The third kappa shape index (κ3) is 13.7. The number of rotatable bonds is 20. The van der Waals surface area contributed by atoms with Crippen molar-refractivity contribution in [3.05, 3.63) is 0 Å². The average Bonchev–Trinajstić information content (AvgIpc) is 2.63. The van der Waals surface area contributed by atoms with Crippen LogP contribution in [0.3, 0.4) is 0 Å². The van der Waals surface area contributed by atoms with E-state index in [4.69, 9.17) is 10.2 Å². The smallest absolute Gasteiger partial charge is 0.303 e. The lowest BCUT2D eigenvalue weighted by atomic mass is 9.72. The van der Waals surface area contributed by atoms with Crippen LogP contribution in [-0.2, 0) is 14.4 Å². The number of carboxylic acid groups (broad SMARTS) is 2. The molecule has 5 heteroatoms. The molecule has 0 aromatic rings. The predicted molar refractivity (Wildman–Crippen MR) is 113 cm³/mol. The minimum atomic E-state index is -0.935. The number of ketones is 1. The molecule has 2 N–H and O–H groups in total. The van der Waals surface area contributed by atoms with Crippen LogP contribution in [-0.4, -0.2) is 27.9 Å². The van der Waals surface area contributed by atoms with Crippen LogP contribution in [0.4, 0.5) is 0 Å². The summed E-state index contributed by atoms with van der Waals surface area (Å²) in [5.74, 6) is -1.94. The maximum absolute atomic E-state index is 12.2. The summed E-state index contributed by atoms with van der Waals surface area (Å²) >= 11 is 0. The number of carbonyl (C=O) groups is 3. The van der Waals surface area contributed by atoms with Crippen molar-refractivity contribution in [2.75, 3.05) is 0 Å². The lowest BCUT2D eigenvalue weighted by Crippen LogP contribution is -2.31. The Balaban J connectivity index is 4.10. The van der Waals surface area contributed by atoms with E-state index in [1.54, 1.807) is 0 Å². The van der Waals surface area contributed by atoms with Crippen molar-refractivity contribution >= 4 is 17.7 Å². The normalized spacial score (nSPS) is 11.5. The molecular weight excluding hydrogens is 356 g/mol. The van der Waals surface area contributed by atoms with Crippen molar-refractivity contribution < 1.29 is 24.6 Å². The van der Waals surface area contributed by atoms with Gasteiger partial charge in [0.1, 0.15) is 5.78 Å². The van der Waals surface area contributed by atoms with Gasteiger partial charge in [0.25, 0.3) is 0 Å². The number of carbonyl (C=O) groups excluding carboxylic acids is 1. The van der Waals surface area contributed by atoms with Gasteiger partial charge in [-0.2, -0.15) is 0 Å². The van der Waals surface area contributed by atoms with Crippen LogP contribution >= 0.6 is 0 Å². The highest BCUT2D eigenvalue weighted by Gasteiger charge is 2.35. The zero-order chi connectivity index (χ0) is 21.3. The van der Waals surface area contributed by atoms with Crippen LogP contribution < -0.4 is 0 Å². The van der Waals surface area contributed by atoms with E-state index in [1.165, 1.54) is 64.7 Å². The maximum atomic E-state index is 12.2. The van der Waals surface area contributed by atoms with Gasteiger partial charge in [-0.3, -0.25) is 14.4 Å². The van der Waals surface area contributed by atoms with Crippen molar-refractivity contribution in [1.29, 1.82) is 0 Å². The molecule has 0 fully saturated rings. The minimum Gasteiger partial charge on any atom is -0.481 e. The van der Waals surface area contributed by atoms with Gasteiger partial charge >= 0.3 is 11.9 Å². The standard InChI is InChI=1S/C23H42O5/c1-3-4-5-6-7-8-9-10-11-12-13-14-17-23(20(2)24,18-15-21(25)26)19-16-22(27)28/h3-19H2,1-2H3,(H,25,26)(H,27,28). The Morgan fingerprint density at radius 2 is 0.964 bits per heavy atom. The molecule has 28 heavy (non-hydrogen) atoms.